The van der Waals surface area contributed by atoms with Gasteiger partial charge >= 0.3 is 5.97 Å². The quantitative estimate of drug-likeness (QED) is 0.159. The Kier molecular flexibility index (Phi) is 9.50. The molecule has 182 valence electrons. The van der Waals surface area contributed by atoms with Crippen LogP contribution in [0.5, 0.6) is 11.5 Å². The van der Waals surface area contributed by atoms with Crippen LogP contribution in [0.3, 0.4) is 0 Å². The van der Waals surface area contributed by atoms with Crippen molar-refractivity contribution in [2.75, 3.05) is 6.61 Å². The van der Waals surface area contributed by atoms with Gasteiger partial charge < -0.3 is 9.47 Å². The number of allylic oxidation sites excluding steroid dienone is 1. The number of carbonyl (C=O) groups excluding carboxylic acids is 2. The number of ether oxygens (including phenoxy) is 2. The molecule has 0 amide bonds. The molecule has 1 fully saturated rings. The van der Waals surface area contributed by atoms with Crippen LogP contribution in [0.1, 0.15) is 82.1 Å². The van der Waals surface area contributed by atoms with Gasteiger partial charge in [0.1, 0.15) is 11.5 Å². The van der Waals surface area contributed by atoms with Crippen LogP contribution in [0.2, 0.25) is 0 Å². The summed E-state index contributed by atoms with van der Waals surface area (Å²) in [6, 6.07) is 14.4. The fourth-order valence-electron chi connectivity index (χ4n) is 4.41. The molecule has 1 aliphatic rings. The minimum absolute atomic E-state index is 0.112. The molecule has 0 unspecified atom stereocenters. The van der Waals surface area contributed by atoms with Crippen molar-refractivity contribution in [3.05, 3.63) is 65.2 Å². The van der Waals surface area contributed by atoms with Crippen LogP contribution in [0.15, 0.2) is 54.1 Å². The van der Waals surface area contributed by atoms with Crippen LogP contribution in [0.4, 0.5) is 0 Å². The third kappa shape index (κ3) is 7.06. The summed E-state index contributed by atoms with van der Waals surface area (Å²) in [5.74, 6) is 1.85. The van der Waals surface area contributed by atoms with Gasteiger partial charge in [-0.25, -0.2) is 4.79 Å². The zero-order chi connectivity index (χ0) is 24.5. The van der Waals surface area contributed by atoms with Crippen LogP contribution in [0, 0.1) is 17.8 Å². The number of unbranched alkanes of at least 4 members (excludes halogenated alkanes) is 3. The molecule has 2 aromatic rings. The Morgan fingerprint density at radius 2 is 1.65 bits per heavy atom. The summed E-state index contributed by atoms with van der Waals surface area (Å²) in [4.78, 5) is 25.5. The van der Waals surface area contributed by atoms with Crippen LogP contribution in [0.25, 0.3) is 6.08 Å². The average Bonchev–Trinajstić information content (AvgIpc) is 2.83. The third-order valence-electron chi connectivity index (χ3n) is 6.64. The fraction of sp³-hybridized carbons (Fsp3) is 0.467. The van der Waals surface area contributed by atoms with Gasteiger partial charge in [0.25, 0.3) is 0 Å². The molecule has 0 spiro atoms. The lowest BCUT2D eigenvalue weighted by Crippen LogP contribution is -2.30. The Morgan fingerprint density at radius 3 is 2.29 bits per heavy atom. The van der Waals surface area contributed by atoms with E-state index in [4.69, 9.17) is 9.47 Å². The van der Waals surface area contributed by atoms with Crippen molar-refractivity contribution < 1.29 is 19.1 Å². The zero-order valence-electron chi connectivity index (χ0n) is 21.0. The van der Waals surface area contributed by atoms with Crippen LogP contribution < -0.4 is 9.47 Å². The highest BCUT2D eigenvalue weighted by molar-refractivity contribution is 6.02. The van der Waals surface area contributed by atoms with Crippen molar-refractivity contribution in [1.29, 1.82) is 0 Å². The van der Waals surface area contributed by atoms with Gasteiger partial charge in [0, 0.05) is 5.92 Å². The summed E-state index contributed by atoms with van der Waals surface area (Å²) in [6.07, 6.45) is 8.64. The zero-order valence-corrected chi connectivity index (χ0v) is 21.0. The first-order chi connectivity index (χ1) is 16.4. The number of hydrogen-bond donors (Lipinski definition) is 0. The Hall–Kier alpha value is -2.88. The predicted molar refractivity (Wildman–Crippen MR) is 137 cm³/mol. The second-order valence-corrected chi connectivity index (χ2v) is 9.68. The average molecular weight is 463 g/mol. The number of hydrogen-bond acceptors (Lipinski definition) is 4. The van der Waals surface area contributed by atoms with Gasteiger partial charge in [-0.3, -0.25) is 4.79 Å². The molecule has 0 N–H and O–H groups in total. The van der Waals surface area contributed by atoms with Gasteiger partial charge in [0.15, 0.2) is 5.78 Å². The van der Waals surface area contributed by atoms with E-state index < -0.39 is 5.97 Å². The van der Waals surface area contributed by atoms with Crippen LogP contribution in [-0.4, -0.2) is 18.4 Å². The molecule has 3 rings (SSSR count). The lowest BCUT2D eigenvalue weighted by molar-refractivity contribution is -0.122. The monoisotopic (exact) mass is 462 g/mol. The molecule has 34 heavy (non-hydrogen) atoms. The molecule has 4 heteroatoms. The smallest absolute Gasteiger partial charge is 0.343 e. The largest absolute Gasteiger partial charge is 0.494 e. The van der Waals surface area contributed by atoms with Crippen LogP contribution in [-0.2, 0) is 4.79 Å². The molecule has 0 radical (unpaired) electrons. The Labute approximate surface area is 204 Å². The molecule has 0 bridgehead atoms. The van der Waals surface area contributed by atoms with Gasteiger partial charge in [0.05, 0.1) is 12.2 Å². The van der Waals surface area contributed by atoms with E-state index in [0.717, 1.165) is 36.1 Å². The van der Waals surface area contributed by atoms with E-state index in [1.54, 1.807) is 36.4 Å². The van der Waals surface area contributed by atoms with E-state index in [-0.39, 0.29) is 17.6 Å². The molecule has 2 atom stereocenters. The summed E-state index contributed by atoms with van der Waals surface area (Å²) >= 11 is 0. The molecular formula is C30H38O4. The highest BCUT2D eigenvalue weighted by Gasteiger charge is 2.32. The molecule has 1 aliphatic carbocycles. The number of benzene rings is 2. The number of Topliss-reactive ketones (excluding diaryl/α,β-unsaturated/α-hetero) is 1. The van der Waals surface area contributed by atoms with Crippen LogP contribution >= 0.6 is 0 Å². The number of esters is 1. The molecular weight excluding hydrogens is 424 g/mol. The van der Waals surface area contributed by atoms with Crippen molar-refractivity contribution in [1.82, 2.24) is 0 Å². The Balaban J connectivity index is 1.57. The summed E-state index contributed by atoms with van der Waals surface area (Å²) in [7, 11) is 0. The second kappa shape index (κ2) is 12.5. The summed E-state index contributed by atoms with van der Waals surface area (Å²) < 4.78 is 11.3. The number of ketones is 1. The highest BCUT2D eigenvalue weighted by atomic mass is 16.5. The number of carbonyl (C=O) groups is 2. The summed E-state index contributed by atoms with van der Waals surface area (Å²) in [5.41, 5.74) is 2.33. The minimum Gasteiger partial charge on any atom is -0.494 e. The molecule has 1 saturated carbocycles. The van der Waals surface area contributed by atoms with Gasteiger partial charge in [-0.2, -0.15) is 0 Å². The first kappa shape index (κ1) is 25.7. The second-order valence-electron chi connectivity index (χ2n) is 9.68. The third-order valence-corrected chi connectivity index (χ3v) is 6.64. The lowest BCUT2D eigenvalue weighted by atomic mass is 9.73. The first-order valence-electron chi connectivity index (χ1n) is 12.7. The highest BCUT2D eigenvalue weighted by Crippen LogP contribution is 2.35. The molecule has 2 aromatic carbocycles. The molecule has 4 nitrogen and oxygen atoms in total. The molecule has 0 aliphatic heterocycles. The lowest BCUT2D eigenvalue weighted by Gasteiger charge is -2.30. The van der Waals surface area contributed by atoms with E-state index in [0.29, 0.717) is 23.8 Å². The molecule has 0 heterocycles. The maximum atomic E-state index is 12.9. The Morgan fingerprint density at radius 1 is 0.971 bits per heavy atom. The Bertz CT molecular complexity index is 970. The summed E-state index contributed by atoms with van der Waals surface area (Å²) in [5, 5.41) is 0. The molecule has 0 aromatic heterocycles. The maximum absolute atomic E-state index is 12.9. The van der Waals surface area contributed by atoms with E-state index >= 15 is 0 Å². The fourth-order valence-corrected chi connectivity index (χ4v) is 4.41. The predicted octanol–water partition coefficient (Wildman–Crippen LogP) is 7.52. The maximum Gasteiger partial charge on any atom is 0.343 e. The van der Waals surface area contributed by atoms with Gasteiger partial charge in [-0.1, -0.05) is 59.1 Å². The van der Waals surface area contributed by atoms with Crippen molar-refractivity contribution in [2.24, 2.45) is 17.8 Å². The molecule has 0 saturated heterocycles. The van der Waals surface area contributed by atoms with Gasteiger partial charge in [-0.05, 0) is 84.7 Å². The number of rotatable bonds is 10. The van der Waals surface area contributed by atoms with E-state index in [1.165, 1.54) is 19.3 Å². The van der Waals surface area contributed by atoms with E-state index in [9.17, 15) is 9.59 Å². The van der Waals surface area contributed by atoms with E-state index in [2.05, 4.69) is 27.7 Å². The van der Waals surface area contributed by atoms with Crippen molar-refractivity contribution in [3.63, 3.8) is 0 Å². The normalized spacial score (nSPS) is 19.4. The van der Waals surface area contributed by atoms with Gasteiger partial charge in [0.2, 0.25) is 0 Å². The van der Waals surface area contributed by atoms with Crippen molar-refractivity contribution >= 4 is 17.8 Å². The minimum atomic E-state index is -0.406. The van der Waals surface area contributed by atoms with Crippen molar-refractivity contribution in [3.8, 4) is 11.5 Å². The summed E-state index contributed by atoms with van der Waals surface area (Å²) in [6.45, 7) is 9.24. The standard InChI is InChI=1S/C30H38O4/c1-5-6-7-8-19-33-25-16-12-24(13-17-25)30(32)34-26-14-10-23(11-15-26)20-28-22(4)9-18-27(21(2)3)29(28)31/h10-17,20-22,27H,5-9,18-19H2,1-4H3/b28-20+/t22-,27-/m1/s1. The van der Waals surface area contributed by atoms with Crippen molar-refractivity contribution in [2.45, 2.75) is 66.2 Å². The SMILES string of the molecule is CCCCCCOc1ccc(C(=O)Oc2ccc(/C=C3/C(=O)[C@@H](C(C)C)CC[C@H]3C)cc2)cc1. The van der Waals surface area contributed by atoms with Gasteiger partial charge in [-0.15, -0.1) is 0 Å². The first-order valence-corrected chi connectivity index (χ1v) is 12.7. The topological polar surface area (TPSA) is 52.6 Å². The van der Waals surface area contributed by atoms with E-state index in [1.807, 2.05) is 18.2 Å².